The van der Waals surface area contributed by atoms with Crippen molar-refractivity contribution >= 4 is 46.6 Å². The number of ether oxygens (including phenoxy) is 1. The first-order valence-corrected chi connectivity index (χ1v) is 14.2. The number of amides is 3. The van der Waals surface area contributed by atoms with Gasteiger partial charge in [-0.25, -0.2) is 4.79 Å². The summed E-state index contributed by atoms with van der Waals surface area (Å²) in [5.74, 6) is -8.48. The number of Topliss-reactive ketones (excluding diaryl/α,β-unsaturated/α-hetero) is 2. The van der Waals surface area contributed by atoms with Crippen LogP contribution >= 0.6 is 0 Å². The van der Waals surface area contributed by atoms with Crippen molar-refractivity contribution < 1.29 is 49.1 Å². The van der Waals surface area contributed by atoms with Crippen molar-refractivity contribution in [1.82, 2.24) is 10.2 Å². The first-order valence-electron chi connectivity index (χ1n) is 14.2. The van der Waals surface area contributed by atoms with Gasteiger partial charge in [0, 0.05) is 31.3 Å². The number of hydrogen-bond donors (Lipinski definition) is 7. The second-order valence-electron chi connectivity index (χ2n) is 12.9. The Morgan fingerprint density at radius 3 is 2.27 bits per heavy atom. The number of alkyl carbamates (subject to hydrolysis) is 1. The zero-order valence-corrected chi connectivity index (χ0v) is 26.1. The number of aliphatic hydroxyl groups excluding tert-OH is 2. The van der Waals surface area contributed by atoms with Crippen LogP contribution in [0.15, 0.2) is 23.0 Å². The van der Waals surface area contributed by atoms with Gasteiger partial charge in [-0.1, -0.05) is 0 Å². The van der Waals surface area contributed by atoms with Crippen molar-refractivity contribution in [2.45, 2.75) is 50.9 Å². The smallest absolute Gasteiger partial charge is 0.408 e. The number of benzene rings is 1. The number of nitrogens with two attached hydrogens (primary N) is 1. The van der Waals surface area contributed by atoms with Crippen LogP contribution in [0.4, 0.5) is 16.2 Å². The van der Waals surface area contributed by atoms with Crippen LogP contribution in [0.2, 0.25) is 0 Å². The summed E-state index contributed by atoms with van der Waals surface area (Å²) in [6, 6.07) is 0.273. The Labute approximate surface area is 259 Å². The zero-order valence-electron chi connectivity index (χ0n) is 26.1. The number of hydrogen-bond acceptors (Lipinski definition) is 12. The lowest BCUT2D eigenvalue weighted by Gasteiger charge is -2.50. The number of primary amides is 1. The summed E-state index contributed by atoms with van der Waals surface area (Å²) >= 11 is 0. The maximum Gasteiger partial charge on any atom is 0.408 e. The number of rotatable bonds is 6. The fraction of sp³-hybridized carbons (Fsp3) is 0.500. The number of ketones is 2. The van der Waals surface area contributed by atoms with E-state index in [0.717, 1.165) is 0 Å². The summed E-state index contributed by atoms with van der Waals surface area (Å²) in [6.45, 7) is 4.46. The summed E-state index contributed by atoms with van der Waals surface area (Å²) in [5.41, 5.74) is 1.13. The molecule has 1 aromatic carbocycles. The van der Waals surface area contributed by atoms with Crippen LogP contribution in [0.5, 0.6) is 5.75 Å². The number of nitrogens with zero attached hydrogens (tertiary/aromatic N) is 2. The van der Waals surface area contributed by atoms with Gasteiger partial charge in [-0.3, -0.25) is 24.1 Å². The molecule has 0 spiro atoms. The quantitative estimate of drug-likeness (QED) is 0.168. The number of phenols is 1. The van der Waals surface area contributed by atoms with E-state index >= 15 is 0 Å². The van der Waals surface area contributed by atoms with Gasteiger partial charge in [0.05, 0.1) is 17.3 Å². The number of aliphatic hydroxyl groups is 3. The minimum absolute atomic E-state index is 0.0613. The third kappa shape index (κ3) is 5.57. The molecule has 3 aliphatic rings. The molecule has 3 aliphatic carbocycles. The van der Waals surface area contributed by atoms with Crippen LogP contribution < -0.4 is 21.3 Å². The molecule has 4 rings (SSSR count). The zero-order chi connectivity index (χ0) is 33.9. The topological polar surface area (TPSA) is 232 Å². The Hall–Kier alpha value is -4.63. The van der Waals surface area contributed by atoms with Gasteiger partial charge in [0.15, 0.2) is 11.4 Å². The van der Waals surface area contributed by atoms with Gasteiger partial charge in [-0.05, 0) is 65.3 Å². The predicted molar refractivity (Wildman–Crippen MR) is 161 cm³/mol. The van der Waals surface area contributed by atoms with Gasteiger partial charge < -0.3 is 46.4 Å². The molecule has 4 atom stereocenters. The fourth-order valence-corrected chi connectivity index (χ4v) is 6.45. The van der Waals surface area contributed by atoms with Crippen molar-refractivity contribution in [3.63, 3.8) is 0 Å². The van der Waals surface area contributed by atoms with Crippen LogP contribution in [0.25, 0.3) is 5.76 Å². The number of aromatic hydroxyl groups is 1. The molecule has 4 unspecified atom stereocenters. The van der Waals surface area contributed by atoms with Crippen LogP contribution in [0, 0.1) is 11.8 Å². The highest BCUT2D eigenvalue weighted by Gasteiger charge is 2.64. The van der Waals surface area contributed by atoms with Crippen molar-refractivity contribution in [3.8, 4) is 5.75 Å². The van der Waals surface area contributed by atoms with Gasteiger partial charge in [0.1, 0.15) is 35.0 Å². The Morgan fingerprint density at radius 1 is 1.11 bits per heavy atom. The fourth-order valence-electron chi connectivity index (χ4n) is 6.45. The molecule has 15 nitrogen and oxygen atoms in total. The van der Waals surface area contributed by atoms with Gasteiger partial charge in [0.25, 0.3) is 5.91 Å². The van der Waals surface area contributed by atoms with Crippen LogP contribution in [0.3, 0.4) is 0 Å². The second kappa shape index (κ2) is 11.4. The summed E-state index contributed by atoms with van der Waals surface area (Å²) in [6.07, 6.45) is -0.822. The molecule has 0 saturated heterocycles. The number of likely N-dealkylation sites (N-methyl/N-ethyl adjacent to an activating group) is 1. The number of phenolic OH excluding ortho intramolecular Hbond substituents is 1. The summed E-state index contributed by atoms with van der Waals surface area (Å²) in [5, 5.41) is 50.4. The molecule has 0 bridgehead atoms. The third-order valence-corrected chi connectivity index (χ3v) is 8.25. The van der Waals surface area contributed by atoms with Crippen molar-refractivity contribution in [3.05, 3.63) is 34.1 Å². The normalized spacial score (nSPS) is 24.5. The van der Waals surface area contributed by atoms with Crippen LogP contribution in [0.1, 0.15) is 38.3 Å². The Kier molecular flexibility index (Phi) is 8.41. The van der Waals surface area contributed by atoms with E-state index < -0.39 is 87.9 Å². The molecule has 0 heterocycles. The van der Waals surface area contributed by atoms with E-state index in [4.69, 9.17) is 10.5 Å². The molecule has 15 heteroatoms. The highest BCUT2D eigenvalue weighted by molar-refractivity contribution is 6.24. The largest absolute Gasteiger partial charge is 0.508 e. The van der Waals surface area contributed by atoms with Gasteiger partial charge in [0.2, 0.25) is 11.7 Å². The van der Waals surface area contributed by atoms with E-state index in [1.165, 1.54) is 25.1 Å². The number of nitrogens with one attached hydrogen (secondary N) is 2. The highest BCUT2D eigenvalue weighted by atomic mass is 16.6. The van der Waals surface area contributed by atoms with Crippen LogP contribution in [-0.2, 0) is 30.3 Å². The summed E-state index contributed by atoms with van der Waals surface area (Å²) in [7, 11) is 6.43. The lowest BCUT2D eigenvalue weighted by atomic mass is 9.57. The molecule has 3 amide bonds. The highest BCUT2D eigenvalue weighted by Crippen LogP contribution is 2.54. The van der Waals surface area contributed by atoms with Crippen molar-refractivity contribution in [1.29, 1.82) is 0 Å². The monoisotopic (exact) mass is 629 g/mol. The minimum atomic E-state index is -2.77. The van der Waals surface area contributed by atoms with Crippen molar-refractivity contribution in [2.75, 3.05) is 45.0 Å². The predicted octanol–water partition coefficient (Wildman–Crippen LogP) is 0.493. The van der Waals surface area contributed by atoms with E-state index in [1.54, 1.807) is 39.8 Å². The average Bonchev–Trinajstić information content (AvgIpc) is 2.89. The molecule has 8 N–H and O–H groups in total. The number of anilines is 2. The van der Waals surface area contributed by atoms with E-state index in [1.807, 2.05) is 0 Å². The maximum absolute atomic E-state index is 14.1. The number of carbonyl (C=O) groups excluding carboxylic acids is 5. The SMILES string of the molecule is CN(C)c1cc(NC(=O)CNC(=O)OC(C)(C)C)c(O)c2c1CC1CC3C(N(C)C)C(=O)C(C(N)=O)=C(O)C3(O)C(=O)C1=C2O. The first-order chi connectivity index (χ1) is 20.7. The van der Waals surface area contributed by atoms with E-state index in [9.17, 15) is 44.4 Å². The molecule has 0 radical (unpaired) electrons. The Bertz CT molecular complexity index is 1570. The van der Waals surface area contributed by atoms with Gasteiger partial charge in [-0.2, -0.15) is 0 Å². The molecular weight excluding hydrogens is 590 g/mol. The average molecular weight is 630 g/mol. The molecular formula is C30H39N5O10. The molecule has 0 aliphatic heterocycles. The van der Waals surface area contributed by atoms with E-state index in [2.05, 4.69) is 10.6 Å². The lowest BCUT2D eigenvalue weighted by molar-refractivity contribution is -0.153. The van der Waals surface area contributed by atoms with Crippen LogP contribution in [-0.4, -0.2) is 107 Å². The van der Waals surface area contributed by atoms with Gasteiger partial charge in [-0.15, -0.1) is 0 Å². The van der Waals surface area contributed by atoms with E-state index in [0.29, 0.717) is 11.3 Å². The molecule has 244 valence electrons. The number of carbonyl (C=O) groups is 5. The first kappa shape index (κ1) is 33.3. The maximum atomic E-state index is 14.1. The molecule has 1 fully saturated rings. The molecule has 45 heavy (non-hydrogen) atoms. The Morgan fingerprint density at radius 2 is 1.73 bits per heavy atom. The van der Waals surface area contributed by atoms with Crippen molar-refractivity contribution in [2.24, 2.45) is 17.6 Å². The molecule has 1 saturated carbocycles. The van der Waals surface area contributed by atoms with E-state index in [-0.39, 0.29) is 29.7 Å². The summed E-state index contributed by atoms with van der Waals surface area (Å²) < 4.78 is 5.11. The number of fused-ring (bicyclic) bond motifs is 3. The third-order valence-electron chi connectivity index (χ3n) is 8.25. The second-order valence-corrected chi connectivity index (χ2v) is 12.9. The standard InChI is InChI=1S/C30H39N5O10/c1-29(2,3)45-28(43)32-11-17(36)33-15-10-16(34(4)5)13-8-12-9-14-21(35(6)7)24(39)20(27(31)42)26(41)30(14,44)25(40)18(12)23(38)19(13)22(15)37/h10,12,14,21,37-38,41,44H,8-9,11H2,1-7H3,(H2,31,42)(H,32,43)(H,33,36). The molecule has 0 aromatic heterocycles. The summed E-state index contributed by atoms with van der Waals surface area (Å²) in [4.78, 5) is 67.3. The molecule has 1 aromatic rings. The minimum Gasteiger partial charge on any atom is -0.508 e. The van der Waals surface area contributed by atoms with Gasteiger partial charge >= 0.3 is 6.09 Å². The lowest BCUT2D eigenvalue weighted by Crippen LogP contribution is -2.65. The Balaban J connectivity index is 1.80.